The minimum absolute atomic E-state index is 0.00177. The molecular formula is C20H21ClN2O3. The zero-order chi connectivity index (χ0) is 17.9. The Hall–Kier alpha value is -2.24. The van der Waals surface area contributed by atoms with Gasteiger partial charge >= 0.3 is 0 Å². The predicted molar refractivity (Wildman–Crippen MR) is 99.7 cm³/mol. The van der Waals surface area contributed by atoms with E-state index in [4.69, 9.17) is 21.1 Å². The Bertz CT molecular complexity index is 790. The first-order chi connectivity index (χ1) is 12.7. The van der Waals surface area contributed by atoms with Crippen molar-refractivity contribution in [3.05, 3.63) is 59.1 Å². The molecule has 26 heavy (non-hydrogen) atoms. The summed E-state index contributed by atoms with van der Waals surface area (Å²) in [6.45, 7) is 4.17. The van der Waals surface area contributed by atoms with Gasteiger partial charge in [0, 0.05) is 37.7 Å². The van der Waals surface area contributed by atoms with Gasteiger partial charge < -0.3 is 14.4 Å². The third kappa shape index (κ3) is 3.79. The number of benzene rings is 2. The van der Waals surface area contributed by atoms with Crippen molar-refractivity contribution < 1.29 is 14.3 Å². The van der Waals surface area contributed by atoms with Gasteiger partial charge in [-0.3, -0.25) is 9.69 Å². The molecule has 0 bridgehead atoms. The van der Waals surface area contributed by atoms with Crippen molar-refractivity contribution in [3.63, 3.8) is 0 Å². The predicted octanol–water partition coefficient (Wildman–Crippen LogP) is 2.82. The number of carbonyl (C=O) groups excluding carboxylic acids is 1. The SMILES string of the molecule is O=C([C@H]1COc2ccccc2O1)N1CCN(Cc2cccc(Cl)c2)CC1. The number of carbonyl (C=O) groups is 1. The van der Waals surface area contributed by atoms with E-state index < -0.39 is 6.10 Å². The van der Waals surface area contributed by atoms with Crippen LogP contribution >= 0.6 is 11.6 Å². The number of hydrogen-bond acceptors (Lipinski definition) is 4. The number of amides is 1. The van der Waals surface area contributed by atoms with Crippen LogP contribution in [0.3, 0.4) is 0 Å². The van der Waals surface area contributed by atoms with Crippen LogP contribution in [-0.4, -0.2) is 54.6 Å². The lowest BCUT2D eigenvalue weighted by molar-refractivity contribution is -0.143. The summed E-state index contributed by atoms with van der Waals surface area (Å²) >= 11 is 6.05. The summed E-state index contributed by atoms with van der Waals surface area (Å²) < 4.78 is 11.5. The van der Waals surface area contributed by atoms with E-state index in [0.29, 0.717) is 24.6 Å². The summed E-state index contributed by atoms with van der Waals surface area (Å²) in [5.74, 6) is 1.33. The van der Waals surface area contributed by atoms with Crippen molar-refractivity contribution >= 4 is 17.5 Å². The number of halogens is 1. The molecule has 2 aromatic rings. The Morgan fingerprint density at radius 3 is 2.58 bits per heavy atom. The van der Waals surface area contributed by atoms with Crippen LogP contribution in [-0.2, 0) is 11.3 Å². The quantitative estimate of drug-likeness (QED) is 0.830. The molecule has 2 heterocycles. The van der Waals surface area contributed by atoms with Gasteiger partial charge in [0.15, 0.2) is 11.5 Å². The summed E-state index contributed by atoms with van der Waals surface area (Å²) in [4.78, 5) is 17.0. The molecule has 2 aliphatic rings. The van der Waals surface area contributed by atoms with Crippen molar-refractivity contribution in [1.82, 2.24) is 9.80 Å². The summed E-state index contributed by atoms with van der Waals surface area (Å²) in [7, 11) is 0. The summed E-state index contributed by atoms with van der Waals surface area (Å²) in [6.07, 6.45) is -0.565. The molecule has 0 aromatic heterocycles. The molecule has 0 spiro atoms. The molecule has 136 valence electrons. The topological polar surface area (TPSA) is 42.0 Å². The fourth-order valence-corrected chi connectivity index (χ4v) is 3.58. The van der Waals surface area contributed by atoms with E-state index in [-0.39, 0.29) is 12.5 Å². The highest BCUT2D eigenvalue weighted by atomic mass is 35.5. The second-order valence-corrected chi connectivity index (χ2v) is 7.03. The fourth-order valence-electron chi connectivity index (χ4n) is 3.36. The molecule has 1 amide bonds. The summed E-state index contributed by atoms with van der Waals surface area (Å²) in [6, 6.07) is 15.4. The highest BCUT2D eigenvalue weighted by Gasteiger charge is 2.32. The first-order valence-corrected chi connectivity index (χ1v) is 9.21. The molecule has 5 nitrogen and oxygen atoms in total. The zero-order valence-corrected chi connectivity index (χ0v) is 15.2. The standard InChI is InChI=1S/C20H21ClN2O3/c21-16-5-3-4-15(12-16)13-22-8-10-23(11-9-22)20(24)19-14-25-17-6-1-2-7-18(17)26-19/h1-7,12,19H,8-11,13-14H2/t19-/m1/s1. The molecule has 1 atom stereocenters. The van der Waals surface area contributed by atoms with Crippen molar-refractivity contribution in [2.75, 3.05) is 32.8 Å². The maximum Gasteiger partial charge on any atom is 0.267 e. The van der Waals surface area contributed by atoms with Crippen molar-refractivity contribution in [3.8, 4) is 11.5 Å². The number of nitrogens with zero attached hydrogens (tertiary/aromatic N) is 2. The normalized spacial score (nSPS) is 20.0. The molecule has 0 radical (unpaired) electrons. The number of fused-ring (bicyclic) bond motifs is 1. The van der Waals surface area contributed by atoms with Gasteiger partial charge in [-0.25, -0.2) is 0 Å². The summed E-state index contributed by atoms with van der Waals surface area (Å²) in [5, 5.41) is 0.756. The van der Waals surface area contributed by atoms with E-state index >= 15 is 0 Å². The molecule has 4 rings (SSSR count). The minimum Gasteiger partial charge on any atom is -0.485 e. The molecule has 0 aliphatic carbocycles. The molecule has 6 heteroatoms. The number of para-hydroxylation sites is 2. The Labute approximate surface area is 158 Å². The van der Waals surface area contributed by atoms with Gasteiger partial charge in [-0.15, -0.1) is 0 Å². The third-order valence-electron chi connectivity index (χ3n) is 4.76. The van der Waals surface area contributed by atoms with Gasteiger partial charge in [0.05, 0.1) is 0 Å². The second-order valence-electron chi connectivity index (χ2n) is 6.60. The van der Waals surface area contributed by atoms with E-state index in [1.807, 2.05) is 47.4 Å². The molecule has 0 N–H and O–H groups in total. The largest absolute Gasteiger partial charge is 0.485 e. The molecule has 1 fully saturated rings. The first kappa shape index (κ1) is 17.2. The van der Waals surface area contributed by atoms with Gasteiger partial charge in [-0.05, 0) is 29.8 Å². The van der Waals surface area contributed by atoms with E-state index in [2.05, 4.69) is 11.0 Å². The number of piperazine rings is 1. The number of rotatable bonds is 3. The molecule has 2 aromatic carbocycles. The van der Waals surface area contributed by atoms with Crippen molar-refractivity contribution in [2.24, 2.45) is 0 Å². The Balaban J connectivity index is 1.31. The Morgan fingerprint density at radius 1 is 1.04 bits per heavy atom. The maximum atomic E-state index is 12.8. The summed E-state index contributed by atoms with van der Waals surface area (Å²) in [5.41, 5.74) is 1.19. The molecule has 0 saturated carbocycles. The van der Waals surface area contributed by atoms with Crippen molar-refractivity contribution in [2.45, 2.75) is 12.6 Å². The van der Waals surface area contributed by atoms with Gasteiger partial charge in [0.25, 0.3) is 5.91 Å². The van der Waals surface area contributed by atoms with Gasteiger partial charge in [0.2, 0.25) is 6.10 Å². The average Bonchev–Trinajstić information content (AvgIpc) is 2.68. The Morgan fingerprint density at radius 2 is 1.81 bits per heavy atom. The number of ether oxygens (including phenoxy) is 2. The van der Waals surface area contributed by atoms with E-state index in [1.54, 1.807) is 0 Å². The molecule has 1 saturated heterocycles. The van der Waals surface area contributed by atoms with Crippen LogP contribution < -0.4 is 9.47 Å². The van der Waals surface area contributed by atoms with Crippen LogP contribution in [0, 0.1) is 0 Å². The molecular weight excluding hydrogens is 352 g/mol. The highest BCUT2D eigenvalue weighted by Crippen LogP contribution is 2.31. The third-order valence-corrected chi connectivity index (χ3v) is 5.00. The van der Waals surface area contributed by atoms with Crippen LogP contribution in [0.2, 0.25) is 5.02 Å². The van der Waals surface area contributed by atoms with Gasteiger partial charge in [-0.1, -0.05) is 35.9 Å². The Kier molecular flexibility index (Phi) is 5.00. The fraction of sp³-hybridized carbons (Fsp3) is 0.350. The van der Waals surface area contributed by atoms with Crippen LogP contribution in [0.1, 0.15) is 5.56 Å². The number of hydrogen-bond donors (Lipinski definition) is 0. The first-order valence-electron chi connectivity index (χ1n) is 8.83. The van der Waals surface area contributed by atoms with Crippen LogP contribution in [0.4, 0.5) is 0 Å². The maximum absolute atomic E-state index is 12.8. The average molecular weight is 373 g/mol. The second kappa shape index (κ2) is 7.56. The highest BCUT2D eigenvalue weighted by molar-refractivity contribution is 6.30. The monoisotopic (exact) mass is 372 g/mol. The minimum atomic E-state index is -0.565. The van der Waals surface area contributed by atoms with E-state index in [9.17, 15) is 4.79 Å². The van der Waals surface area contributed by atoms with Crippen LogP contribution in [0.15, 0.2) is 48.5 Å². The van der Waals surface area contributed by atoms with E-state index in [1.165, 1.54) is 5.56 Å². The molecule has 2 aliphatic heterocycles. The van der Waals surface area contributed by atoms with Crippen molar-refractivity contribution in [1.29, 1.82) is 0 Å². The smallest absolute Gasteiger partial charge is 0.267 e. The van der Waals surface area contributed by atoms with E-state index in [0.717, 1.165) is 24.7 Å². The van der Waals surface area contributed by atoms with Gasteiger partial charge in [-0.2, -0.15) is 0 Å². The molecule has 0 unspecified atom stereocenters. The van der Waals surface area contributed by atoms with Crippen LogP contribution in [0.25, 0.3) is 0 Å². The lowest BCUT2D eigenvalue weighted by atomic mass is 10.2. The lowest BCUT2D eigenvalue weighted by Crippen LogP contribution is -2.53. The zero-order valence-electron chi connectivity index (χ0n) is 14.4. The van der Waals surface area contributed by atoms with Crippen LogP contribution in [0.5, 0.6) is 11.5 Å². The lowest BCUT2D eigenvalue weighted by Gasteiger charge is -2.37. The van der Waals surface area contributed by atoms with Gasteiger partial charge in [0.1, 0.15) is 6.61 Å².